The highest BCUT2D eigenvalue weighted by molar-refractivity contribution is 6.28. The molecule has 2 spiro atoms. The second-order valence-corrected chi connectivity index (χ2v) is 16.9. The van der Waals surface area contributed by atoms with Crippen molar-refractivity contribution in [2.24, 2.45) is 0 Å². The minimum absolute atomic E-state index is 0.474. The molecular formula is C58H32O. The third-order valence-electron chi connectivity index (χ3n) is 14.7. The number of fused-ring (bicyclic) bond motifs is 23. The molecule has 15 rings (SSSR count). The lowest BCUT2D eigenvalue weighted by molar-refractivity contribution is 0.659. The maximum atomic E-state index is 7.65. The molecule has 0 radical (unpaired) electrons. The smallest absolute Gasteiger partial charge is 0.136 e. The van der Waals surface area contributed by atoms with E-state index >= 15 is 0 Å². The molecule has 0 saturated heterocycles. The molecule has 1 aromatic heterocycles. The molecule has 0 bridgehead atoms. The van der Waals surface area contributed by atoms with Gasteiger partial charge in [0.1, 0.15) is 11.2 Å². The SMILES string of the molecule is c1ccc2c(c1)-c1ccccc1C21c2ccccc2-c2c1cc1oc3cc4c(c5cccc(c6cccc2c16)c35)-c1ccccc1C41c2ccccc2-c2ccccc21. The molecule has 59 heavy (non-hydrogen) atoms. The monoisotopic (exact) mass is 744 g/mol. The lowest BCUT2D eigenvalue weighted by Gasteiger charge is -2.30. The van der Waals surface area contributed by atoms with Crippen molar-refractivity contribution in [2.45, 2.75) is 10.8 Å². The number of hydrogen-bond donors (Lipinski definition) is 0. The Balaban J connectivity index is 1.14. The van der Waals surface area contributed by atoms with Crippen LogP contribution in [0, 0.1) is 0 Å². The average Bonchev–Trinajstić information content (AvgIpc) is 3.95. The summed E-state index contributed by atoms with van der Waals surface area (Å²) >= 11 is 0. The second-order valence-electron chi connectivity index (χ2n) is 16.9. The Labute approximate surface area is 340 Å². The lowest BCUT2D eigenvalue weighted by atomic mass is 9.70. The third kappa shape index (κ3) is 3.28. The maximum absolute atomic E-state index is 7.65. The van der Waals surface area contributed by atoms with Crippen molar-refractivity contribution in [2.75, 3.05) is 0 Å². The van der Waals surface area contributed by atoms with Crippen molar-refractivity contribution >= 4 is 43.5 Å². The summed E-state index contributed by atoms with van der Waals surface area (Å²) in [6.07, 6.45) is 0. The van der Waals surface area contributed by atoms with Crippen LogP contribution in [0.3, 0.4) is 0 Å². The number of benzene rings is 10. The molecule has 0 atom stereocenters. The van der Waals surface area contributed by atoms with Crippen LogP contribution < -0.4 is 0 Å². The van der Waals surface area contributed by atoms with Gasteiger partial charge in [-0.25, -0.2) is 0 Å². The number of rotatable bonds is 0. The summed E-state index contributed by atoms with van der Waals surface area (Å²) in [5.74, 6) is 0. The van der Waals surface area contributed by atoms with E-state index in [2.05, 4.69) is 194 Å². The van der Waals surface area contributed by atoms with Crippen LogP contribution >= 0.6 is 0 Å². The highest BCUT2D eigenvalue weighted by Crippen LogP contribution is 2.66. The van der Waals surface area contributed by atoms with E-state index in [1.54, 1.807) is 0 Å². The van der Waals surface area contributed by atoms with Crippen molar-refractivity contribution in [3.63, 3.8) is 0 Å². The van der Waals surface area contributed by atoms with Crippen molar-refractivity contribution in [1.29, 1.82) is 0 Å². The summed E-state index contributed by atoms with van der Waals surface area (Å²) in [6, 6.07) is 73.2. The molecule has 4 aliphatic carbocycles. The van der Waals surface area contributed by atoms with Gasteiger partial charge in [-0.1, -0.05) is 182 Å². The van der Waals surface area contributed by atoms with Gasteiger partial charge >= 0.3 is 0 Å². The van der Waals surface area contributed by atoms with Crippen LogP contribution in [-0.2, 0) is 10.8 Å². The fourth-order valence-electron chi connectivity index (χ4n) is 12.8. The third-order valence-corrected chi connectivity index (χ3v) is 14.7. The first kappa shape index (κ1) is 30.6. The van der Waals surface area contributed by atoms with Crippen LogP contribution in [-0.4, -0.2) is 0 Å². The van der Waals surface area contributed by atoms with E-state index in [0.29, 0.717) is 0 Å². The maximum Gasteiger partial charge on any atom is 0.136 e. The predicted octanol–water partition coefficient (Wildman–Crippen LogP) is 14.6. The van der Waals surface area contributed by atoms with E-state index in [4.69, 9.17) is 4.42 Å². The summed E-state index contributed by atoms with van der Waals surface area (Å²) in [5.41, 5.74) is 21.9. The number of hydrogen-bond acceptors (Lipinski definition) is 1. The van der Waals surface area contributed by atoms with Crippen LogP contribution in [0.5, 0.6) is 0 Å². The van der Waals surface area contributed by atoms with Gasteiger partial charge < -0.3 is 4.42 Å². The first-order valence-corrected chi connectivity index (χ1v) is 20.8. The highest BCUT2D eigenvalue weighted by Gasteiger charge is 2.54. The molecule has 0 unspecified atom stereocenters. The van der Waals surface area contributed by atoms with Crippen molar-refractivity contribution in [3.05, 3.63) is 239 Å². The molecule has 1 nitrogen and oxygen atoms in total. The Morgan fingerprint density at radius 1 is 0.254 bits per heavy atom. The van der Waals surface area contributed by atoms with Crippen LogP contribution in [0.15, 0.2) is 199 Å². The van der Waals surface area contributed by atoms with Gasteiger partial charge in [0, 0.05) is 10.8 Å². The Morgan fingerprint density at radius 3 is 0.898 bits per heavy atom. The molecule has 4 aliphatic rings. The molecule has 270 valence electrons. The van der Waals surface area contributed by atoms with Gasteiger partial charge in [0.2, 0.25) is 0 Å². The second kappa shape index (κ2) is 10.3. The van der Waals surface area contributed by atoms with Gasteiger partial charge in [0.25, 0.3) is 0 Å². The Hall–Kier alpha value is -7.48. The van der Waals surface area contributed by atoms with Gasteiger partial charge in [-0.2, -0.15) is 0 Å². The normalized spacial score (nSPS) is 15.1. The summed E-state index contributed by atoms with van der Waals surface area (Å²) in [5, 5.41) is 7.25. The molecule has 0 saturated carbocycles. The predicted molar refractivity (Wildman–Crippen MR) is 241 cm³/mol. The van der Waals surface area contributed by atoms with Crippen molar-refractivity contribution < 1.29 is 4.42 Å². The average molecular weight is 745 g/mol. The van der Waals surface area contributed by atoms with E-state index < -0.39 is 10.8 Å². The van der Waals surface area contributed by atoms with E-state index in [-0.39, 0.29) is 0 Å². The quantitative estimate of drug-likeness (QED) is 0.151. The molecule has 0 fully saturated rings. The molecule has 0 N–H and O–H groups in total. The standard InChI is InChI=1S/C58H32O/c1-7-25-43-33(15-1)34-16-2-8-26-44(34)57(43)47-29-11-5-19-39(47)53-41-23-13-21-37-38-22-14-24-42-54-40-20-6-12-30-48(40)58(45-27-9-3-17-35(45)36-18-4-10-28-46(36)58)50(54)32-52(56(38)42)59-51(55(37)41)31-49(53)57/h1-32H. The topological polar surface area (TPSA) is 13.1 Å². The minimum Gasteiger partial charge on any atom is -0.456 e. The van der Waals surface area contributed by atoms with Gasteiger partial charge in [-0.15, -0.1) is 0 Å². The van der Waals surface area contributed by atoms with Gasteiger partial charge in [0.15, 0.2) is 0 Å². The molecular weight excluding hydrogens is 713 g/mol. The van der Waals surface area contributed by atoms with Crippen LogP contribution in [0.2, 0.25) is 0 Å². The summed E-state index contributed by atoms with van der Waals surface area (Å²) in [4.78, 5) is 0. The fraction of sp³-hybridized carbons (Fsp3) is 0.0345. The summed E-state index contributed by atoms with van der Waals surface area (Å²) in [6.45, 7) is 0. The molecule has 1 heterocycles. The van der Waals surface area contributed by atoms with Gasteiger partial charge in [0.05, 0.1) is 10.8 Å². The zero-order valence-electron chi connectivity index (χ0n) is 31.9. The van der Waals surface area contributed by atoms with E-state index in [0.717, 1.165) is 11.2 Å². The van der Waals surface area contributed by atoms with Crippen LogP contribution in [0.25, 0.3) is 88.0 Å². The molecule has 0 aliphatic heterocycles. The fourth-order valence-corrected chi connectivity index (χ4v) is 12.8. The molecule has 10 aromatic carbocycles. The highest BCUT2D eigenvalue weighted by atomic mass is 16.3. The van der Waals surface area contributed by atoms with E-state index in [1.165, 1.54) is 121 Å². The van der Waals surface area contributed by atoms with E-state index in [1.807, 2.05) is 0 Å². The minimum atomic E-state index is -0.474. The molecule has 0 amide bonds. The summed E-state index contributed by atoms with van der Waals surface area (Å²) < 4.78 is 7.65. The van der Waals surface area contributed by atoms with Crippen LogP contribution in [0.1, 0.15) is 44.5 Å². The van der Waals surface area contributed by atoms with Crippen LogP contribution in [0.4, 0.5) is 0 Å². The van der Waals surface area contributed by atoms with Gasteiger partial charge in [-0.3, -0.25) is 0 Å². The van der Waals surface area contributed by atoms with Gasteiger partial charge in [-0.05, 0) is 123 Å². The first-order valence-electron chi connectivity index (χ1n) is 20.8. The lowest BCUT2D eigenvalue weighted by Crippen LogP contribution is -2.25. The Kier molecular flexibility index (Phi) is 5.36. The first-order chi connectivity index (χ1) is 29.3. The van der Waals surface area contributed by atoms with Crippen molar-refractivity contribution in [3.8, 4) is 44.5 Å². The molecule has 11 aromatic rings. The van der Waals surface area contributed by atoms with E-state index in [9.17, 15) is 0 Å². The Bertz CT molecular complexity index is 3410. The zero-order valence-corrected chi connectivity index (χ0v) is 31.9. The largest absolute Gasteiger partial charge is 0.456 e. The molecule has 1 heteroatoms. The zero-order chi connectivity index (χ0) is 38.2. The van der Waals surface area contributed by atoms with Crippen molar-refractivity contribution in [1.82, 2.24) is 0 Å². The Morgan fingerprint density at radius 2 is 0.542 bits per heavy atom. The summed E-state index contributed by atoms with van der Waals surface area (Å²) in [7, 11) is 0.